The number of carbonyl (C=O) groups is 6. The van der Waals surface area contributed by atoms with E-state index in [0.29, 0.717) is 45.1 Å². The van der Waals surface area contributed by atoms with Crippen LogP contribution in [0.3, 0.4) is 0 Å². The normalized spacial score (nSPS) is 18.6. The fourth-order valence-corrected chi connectivity index (χ4v) is 5.84. The van der Waals surface area contributed by atoms with Gasteiger partial charge in [-0.3, -0.25) is 24.1 Å². The minimum Gasteiger partial charge on any atom is -0.485 e. The number of aryl methyl sites for hydroxylation is 1. The lowest BCUT2D eigenvalue weighted by Gasteiger charge is -2.31. The highest BCUT2D eigenvalue weighted by Gasteiger charge is 2.32. The number of carbonyl (C=O) groups excluding carboxylic acids is 5. The number of thiocarbonyl (C=S) groups is 1. The largest absolute Gasteiger partial charge is 0.485 e. The molecule has 10 N–H and O–H groups in total. The Morgan fingerprint density at radius 3 is 2.39 bits per heavy atom. The van der Waals surface area contributed by atoms with Gasteiger partial charge in [-0.2, -0.15) is 0 Å². The lowest BCUT2D eigenvalue weighted by Crippen LogP contribution is -2.49. The maximum atomic E-state index is 11.4. The molecule has 21 heteroatoms. The fourth-order valence-electron chi connectivity index (χ4n) is 5.40. The number of aliphatic hydroxyl groups is 1. The Morgan fingerprint density at radius 2 is 1.84 bits per heavy atom. The average Bonchev–Trinajstić information content (AvgIpc) is 3.46. The summed E-state index contributed by atoms with van der Waals surface area (Å²) in [6.07, 6.45) is 4.87. The standard InChI is InChI=1S/C17H23NO5S.C10H16N4O4S.C9H16N2O3/c1-18-13-4-2-12(9-22-10-24)11(6-13)3-5-15-7-14(19)8-16(23-15)17(20)21;11-8(6-13(12)4-1-5-19(17)18)7-14-9(15)2-3-10(14)16;1-6(2)8(11-7(3)13)9(14)10-4-5-12/h2,4,6,10,14-16,18-19H,3,5,7-9H2,1H3,(H,20,21);2-3,6H,1,4-5,7,11-12H2,(H,17,18);5-6,8H,4H2,1-3H3,(H,10,14)(H,11,13)/b;8-6-;. The van der Waals surface area contributed by atoms with Crippen molar-refractivity contribution in [3.8, 4) is 0 Å². The molecule has 2 aliphatic heterocycles. The molecule has 57 heavy (non-hydrogen) atoms. The van der Waals surface area contributed by atoms with Gasteiger partial charge in [-0.15, -0.1) is 0 Å². The van der Waals surface area contributed by atoms with Crippen LogP contribution in [0.15, 0.2) is 42.2 Å². The zero-order valence-corrected chi connectivity index (χ0v) is 34.1. The van der Waals surface area contributed by atoms with E-state index in [0.717, 1.165) is 21.7 Å². The number of nitrogens with one attached hydrogen (secondary N) is 3. The summed E-state index contributed by atoms with van der Waals surface area (Å²) in [5.74, 6) is 3.26. The molecule has 318 valence electrons. The number of ether oxygens (including phenoxy) is 2. The van der Waals surface area contributed by atoms with Gasteiger partial charge in [0.2, 0.25) is 11.8 Å². The van der Waals surface area contributed by atoms with Gasteiger partial charge in [-0.25, -0.2) is 14.8 Å². The molecule has 0 saturated carbocycles. The number of anilines is 1. The first kappa shape index (κ1) is 50.2. The Hall–Kier alpha value is -4.80. The summed E-state index contributed by atoms with van der Waals surface area (Å²) in [7, 11) is 1.85. The maximum Gasteiger partial charge on any atom is 0.332 e. The van der Waals surface area contributed by atoms with Gasteiger partial charge in [0.1, 0.15) is 24.5 Å². The number of benzene rings is 1. The average molecular weight is 842 g/mol. The lowest BCUT2D eigenvalue weighted by atomic mass is 9.95. The first-order chi connectivity index (χ1) is 26.9. The first-order valence-corrected chi connectivity index (χ1v) is 19.6. The summed E-state index contributed by atoms with van der Waals surface area (Å²) >= 11 is 2.85. The van der Waals surface area contributed by atoms with Crippen LogP contribution in [0.25, 0.3) is 0 Å². The third-order valence-electron chi connectivity index (χ3n) is 8.17. The van der Waals surface area contributed by atoms with Crippen LogP contribution in [0.5, 0.6) is 0 Å². The minimum atomic E-state index is -1.85. The summed E-state index contributed by atoms with van der Waals surface area (Å²) in [6, 6.07) is 5.41. The predicted molar refractivity (Wildman–Crippen MR) is 215 cm³/mol. The van der Waals surface area contributed by atoms with E-state index >= 15 is 0 Å². The third-order valence-corrected chi connectivity index (χ3v) is 8.94. The van der Waals surface area contributed by atoms with E-state index in [4.69, 9.17) is 42.9 Å². The van der Waals surface area contributed by atoms with Gasteiger partial charge in [-0.05, 0) is 67.1 Å². The molecular weight excluding hydrogens is 787 g/mol. The number of nitrogens with two attached hydrogens (primary N) is 2. The monoisotopic (exact) mass is 841 g/mol. The molecule has 1 aromatic carbocycles. The number of amides is 4. The van der Waals surface area contributed by atoms with E-state index < -0.39 is 47.1 Å². The SMILES string of the molecule is CC(=O)NC(C(=O)NCC=O)C(C)C.CNc1ccc(COC=S)c(CCC2CC(O)CC(C(=O)O)O2)c1.N/C(=C\N(N)CCCS(=O)O)CN1C(=O)C=CC1=O. The second kappa shape index (κ2) is 26.9. The molecule has 1 fully saturated rings. The molecule has 0 bridgehead atoms. The number of nitrogens with zero attached hydrogens (tertiary/aromatic N) is 2. The Labute approximate surface area is 339 Å². The van der Waals surface area contributed by atoms with Crippen LogP contribution in [0.4, 0.5) is 5.69 Å². The van der Waals surface area contributed by atoms with Gasteiger partial charge >= 0.3 is 5.97 Å². The molecule has 0 spiro atoms. The second-order valence-corrected chi connectivity index (χ2v) is 14.4. The number of aliphatic hydroxyl groups excluding tert-OH is 1. The molecule has 0 radical (unpaired) electrons. The van der Waals surface area contributed by atoms with Crippen molar-refractivity contribution in [3.05, 3.63) is 53.4 Å². The van der Waals surface area contributed by atoms with Crippen LogP contribution < -0.4 is 27.5 Å². The Morgan fingerprint density at radius 1 is 1.18 bits per heavy atom. The zero-order chi connectivity index (χ0) is 43.1. The van der Waals surface area contributed by atoms with Gasteiger partial charge in [-0.1, -0.05) is 19.9 Å². The van der Waals surface area contributed by atoms with Gasteiger partial charge in [0.15, 0.2) is 17.2 Å². The van der Waals surface area contributed by atoms with Crippen molar-refractivity contribution in [1.29, 1.82) is 0 Å². The smallest absolute Gasteiger partial charge is 0.332 e. The predicted octanol–water partition coefficient (Wildman–Crippen LogP) is 0.0890. The quantitative estimate of drug-likeness (QED) is 0.0216. The zero-order valence-electron chi connectivity index (χ0n) is 32.5. The molecule has 1 saturated heterocycles. The van der Waals surface area contributed by atoms with Gasteiger partial charge < -0.3 is 55.7 Å². The molecular formula is C36H55N7O12S2. The maximum absolute atomic E-state index is 11.4. The minimum absolute atomic E-state index is 0.00875. The molecule has 2 aliphatic rings. The number of carboxylic acids is 1. The molecule has 3 rings (SSSR count). The van der Waals surface area contributed by atoms with Crippen LogP contribution in [0.1, 0.15) is 57.6 Å². The van der Waals surface area contributed by atoms with E-state index in [1.807, 2.05) is 39.1 Å². The third kappa shape index (κ3) is 20.3. The molecule has 0 aromatic heterocycles. The van der Waals surface area contributed by atoms with Crippen LogP contribution in [-0.2, 0) is 62.3 Å². The van der Waals surface area contributed by atoms with Crippen molar-refractivity contribution in [1.82, 2.24) is 20.5 Å². The Bertz CT molecular complexity index is 1590. The first-order valence-electron chi connectivity index (χ1n) is 17.9. The van der Waals surface area contributed by atoms with E-state index in [1.165, 1.54) is 35.8 Å². The molecule has 5 unspecified atom stereocenters. The van der Waals surface area contributed by atoms with Gasteiger partial charge in [0.05, 0.1) is 31.1 Å². The summed E-state index contributed by atoms with van der Waals surface area (Å²) in [5.41, 5.74) is 10.3. The van der Waals surface area contributed by atoms with Crippen molar-refractivity contribution >= 4 is 70.4 Å². The number of carboxylic acid groups (broad SMARTS) is 1. The van der Waals surface area contributed by atoms with Crippen molar-refractivity contribution in [3.63, 3.8) is 0 Å². The molecule has 4 amide bonds. The summed E-state index contributed by atoms with van der Waals surface area (Å²) in [4.78, 5) is 66.8. The molecule has 2 heterocycles. The highest BCUT2D eigenvalue weighted by atomic mass is 32.2. The summed E-state index contributed by atoms with van der Waals surface area (Å²) < 4.78 is 29.8. The Balaban J connectivity index is 0.000000445. The number of hydrogen-bond donors (Lipinski definition) is 8. The van der Waals surface area contributed by atoms with E-state index in [2.05, 4.69) is 16.0 Å². The van der Waals surface area contributed by atoms with Crippen LogP contribution in [0.2, 0.25) is 0 Å². The van der Waals surface area contributed by atoms with Gasteiger partial charge in [0, 0.05) is 56.7 Å². The number of aliphatic carboxylic acids is 1. The van der Waals surface area contributed by atoms with Crippen LogP contribution in [-0.4, -0.2) is 127 Å². The number of aldehydes is 1. The van der Waals surface area contributed by atoms with Crippen molar-refractivity contribution < 1.29 is 57.2 Å². The van der Waals surface area contributed by atoms with E-state index in [9.17, 15) is 38.1 Å². The van der Waals surface area contributed by atoms with Crippen molar-refractivity contribution in [2.24, 2.45) is 17.5 Å². The van der Waals surface area contributed by atoms with E-state index in [-0.39, 0.29) is 54.8 Å². The number of hydrogen-bond acceptors (Lipinski definition) is 15. The van der Waals surface area contributed by atoms with E-state index in [1.54, 1.807) is 0 Å². The Kier molecular flexibility index (Phi) is 23.7. The van der Waals surface area contributed by atoms with Crippen molar-refractivity contribution in [2.45, 2.75) is 83.8 Å². The summed E-state index contributed by atoms with van der Waals surface area (Å²) in [5, 5.41) is 28.2. The van der Waals surface area contributed by atoms with Crippen LogP contribution in [0, 0.1) is 5.92 Å². The molecule has 5 atom stereocenters. The number of rotatable bonds is 20. The molecule has 19 nitrogen and oxygen atoms in total. The summed E-state index contributed by atoms with van der Waals surface area (Å²) in [6.45, 7) is 5.67. The highest BCUT2D eigenvalue weighted by Crippen LogP contribution is 2.25. The number of hydrazine groups is 1. The fraction of sp³-hybridized carbons (Fsp3) is 0.528. The van der Waals surface area contributed by atoms with Crippen LogP contribution >= 0.6 is 12.2 Å². The van der Waals surface area contributed by atoms with Crippen molar-refractivity contribution in [2.75, 3.05) is 37.8 Å². The molecule has 0 aliphatic carbocycles. The number of imide groups is 1. The van der Waals surface area contributed by atoms with Gasteiger partial charge in [0.25, 0.3) is 11.8 Å². The lowest BCUT2D eigenvalue weighted by molar-refractivity contribution is -0.166. The second-order valence-electron chi connectivity index (χ2n) is 13.1. The molecule has 1 aromatic rings. The highest BCUT2D eigenvalue weighted by molar-refractivity contribution is 7.79. The topological polar surface area (TPSA) is 293 Å².